The lowest BCUT2D eigenvalue weighted by molar-refractivity contribution is 0.100. The number of amides is 1. The van der Waals surface area contributed by atoms with E-state index >= 15 is 0 Å². The van der Waals surface area contributed by atoms with E-state index in [0.29, 0.717) is 22.1 Å². The molecule has 4 rings (SSSR count). The Balaban J connectivity index is 2.02. The number of aryl methyl sites for hydroxylation is 1. The van der Waals surface area contributed by atoms with Crippen LogP contribution < -0.4 is 5.73 Å². The monoisotopic (exact) mass is 438 g/mol. The number of nitrogens with zero attached hydrogens (tertiary/aromatic N) is 1. The highest BCUT2D eigenvalue weighted by Gasteiger charge is 2.17. The summed E-state index contributed by atoms with van der Waals surface area (Å²) in [6.45, 7) is 2.51. The summed E-state index contributed by atoms with van der Waals surface area (Å²) in [6.07, 6.45) is 2.01. The molecule has 0 bridgehead atoms. The normalized spacial score (nSPS) is 11.4. The van der Waals surface area contributed by atoms with Crippen LogP contribution in [-0.4, -0.2) is 10.5 Å². The predicted octanol–water partition coefficient (Wildman–Crippen LogP) is 5.80. The standard InChI is InChI=1S/C23H20BrFN2O/c1-2-4-14-7-10-17-21(11-14)27(13-15-8-9-16(24)12-19(15)25)20-6-3-5-18(22(17)20)23(26)28/h3,5-12H,2,4,13H2,1H3,(H2,26,28). The Bertz CT molecular complexity index is 1210. The number of carbonyl (C=O) groups is 1. The topological polar surface area (TPSA) is 48.0 Å². The highest BCUT2D eigenvalue weighted by atomic mass is 79.9. The van der Waals surface area contributed by atoms with Crippen LogP contribution in [0.25, 0.3) is 21.8 Å². The van der Waals surface area contributed by atoms with Crippen LogP contribution in [0.1, 0.15) is 34.8 Å². The third-order valence-electron chi connectivity index (χ3n) is 5.10. The van der Waals surface area contributed by atoms with Gasteiger partial charge in [-0.3, -0.25) is 4.79 Å². The summed E-state index contributed by atoms with van der Waals surface area (Å²) in [4.78, 5) is 12.0. The smallest absolute Gasteiger partial charge is 0.249 e. The molecule has 0 saturated carbocycles. The van der Waals surface area contributed by atoms with Crippen molar-refractivity contribution in [3.63, 3.8) is 0 Å². The molecule has 0 fully saturated rings. The van der Waals surface area contributed by atoms with Crippen molar-refractivity contribution >= 4 is 43.6 Å². The lowest BCUT2D eigenvalue weighted by atomic mass is 10.0. The van der Waals surface area contributed by atoms with Gasteiger partial charge >= 0.3 is 0 Å². The number of rotatable bonds is 5. The molecule has 28 heavy (non-hydrogen) atoms. The van der Waals surface area contributed by atoms with Gasteiger partial charge in [0.2, 0.25) is 5.91 Å². The second kappa shape index (κ2) is 7.40. The second-order valence-electron chi connectivity index (χ2n) is 6.99. The average Bonchev–Trinajstić information content (AvgIpc) is 2.97. The number of aromatic nitrogens is 1. The van der Waals surface area contributed by atoms with Gasteiger partial charge in [0.15, 0.2) is 0 Å². The Morgan fingerprint density at radius 2 is 1.93 bits per heavy atom. The van der Waals surface area contributed by atoms with Gasteiger partial charge in [-0.25, -0.2) is 4.39 Å². The maximum absolute atomic E-state index is 14.5. The molecule has 3 nitrogen and oxygen atoms in total. The highest BCUT2D eigenvalue weighted by Crippen LogP contribution is 2.33. The van der Waals surface area contributed by atoms with Gasteiger partial charge in [-0.1, -0.05) is 53.5 Å². The van der Waals surface area contributed by atoms with Gasteiger partial charge < -0.3 is 10.3 Å². The van der Waals surface area contributed by atoms with Gasteiger partial charge in [0.1, 0.15) is 5.82 Å². The Morgan fingerprint density at radius 3 is 2.64 bits per heavy atom. The number of fused-ring (bicyclic) bond motifs is 3. The van der Waals surface area contributed by atoms with Crippen LogP contribution in [0.5, 0.6) is 0 Å². The molecule has 2 N–H and O–H groups in total. The molecule has 1 aromatic heterocycles. The second-order valence-corrected chi connectivity index (χ2v) is 7.90. The van der Waals surface area contributed by atoms with E-state index < -0.39 is 5.91 Å². The quantitative estimate of drug-likeness (QED) is 0.420. The lowest BCUT2D eigenvalue weighted by Gasteiger charge is -2.10. The van der Waals surface area contributed by atoms with Crippen LogP contribution in [0.4, 0.5) is 4.39 Å². The fraction of sp³-hybridized carbons (Fsp3) is 0.174. The van der Waals surface area contributed by atoms with Crippen molar-refractivity contribution in [1.82, 2.24) is 4.57 Å². The number of halogens is 2. The number of primary amides is 1. The number of nitrogens with two attached hydrogens (primary N) is 1. The maximum Gasteiger partial charge on any atom is 0.249 e. The van der Waals surface area contributed by atoms with Gasteiger partial charge in [0.25, 0.3) is 0 Å². The molecule has 0 radical (unpaired) electrons. The van der Waals surface area contributed by atoms with Crippen LogP contribution in [0.2, 0.25) is 0 Å². The molecule has 0 aliphatic rings. The van der Waals surface area contributed by atoms with E-state index in [2.05, 4.69) is 39.6 Å². The minimum Gasteiger partial charge on any atom is -0.366 e. The molecule has 5 heteroatoms. The van der Waals surface area contributed by atoms with Crippen molar-refractivity contribution in [2.24, 2.45) is 5.73 Å². The summed E-state index contributed by atoms with van der Waals surface area (Å²) in [5.74, 6) is -0.725. The number of carbonyl (C=O) groups excluding carboxylic acids is 1. The molecule has 0 unspecified atom stereocenters. The molecule has 0 spiro atoms. The Morgan fingerprint density at radius 1 is 1.11 bits per heavy atom. The van der Waals surface area contributed by atoms with Crippen molar-refractivity contribution in [2.45, 2.75) is 26.3 Å². The van der Waals surface area contributed by atoms with Gasteiger partial charge in [-0.05, 0) is 42.3 Å². The van der Waals surface area contributed by atoms with Crippen molar-refractivity contribution in [3.05, 3.63) is 81.6 Å². The van der Waals surface area contributed by atoms with Gasteiger partial charge in [-0.15, -0.1) is 0 Å². The Labute approximate surface area is 171 Å². The first-order valence-electron chi connectivity index (χ1n) is 9.27. The zero-order valence-corrected chi connectivity index (χ0v) is 17.1. The fourth-order valence-corrected chi connectivity index (χ4v) is 4.16. The summed E-state index contributed by atoms with van der Waals surface area (Å²) in [7, 11) is 0. The van der Waals surface area contributed by atoms with Gasteiger partial charge in [-0.2, -0.15) is 0 Å². The van der Waals surface area contributed by atoms with Crippen LogP contribution in [0.3, 0.4) is 0 Å². The first-order valence-corrected chi connectivity index (χ1v) is 10.1. The summed E-state index contributed by atoms with van der Waals surface area (Å²) < 4.78 is 17.3. The van der Waals surface area contributed by atoms with E-state index in [4.69, 9.17) is 5.73 Å². The first-order chi connectivity index (χ1) is 13.5. The molecule has 1 amide bonds. The summed E-state index contributed by atoms with van der Waals surface area (Å²) in [5.41, 5.74) is 9.79. The average molecular weight is 439 g/mol. The number of benzene rings is 3. The summed E-state index contributed by atoms with van der Waals surface area (Å²) in [5, 5.41) is 1.78. The van der Waals surface area contributed by atoms with E-state index in [9.17, 15) is 9.18 Å². The fourth-order valence-electron chi connectivity index (χ4n) is 3.83. The SMILES string of the molecule is CCCc1ccc2c3c(C(N)=O)cccc3n(Cc3ccc(Br)cc3F)c2c1. The van der Waals surface area contributed by atoms with E-state index in [1.165, 1.54) is 11.6 Å². The third-order valence-corrected chi connectivity index (χ3v) is 5.60. The molecular formula is C23H20BrFN2O. The van der Waals surface area contributed by atoms with Crippen LogP contribution >= 0.6 is 15.9 Å². The van der Waals surface area contributed by atoms with E-state index in [1.807, 2.05) is 24.3 Å². The summed E-state index contributed by atoms with van der Waals surface area (Å²) in [6, 6.07) is 16.9. The number of hydrogen-bond acceptors (Lipinski definition) is 1. The largest absolute Gasteiger partial charge is 0.366 e. The molecule has 4 aromatic rings. The highest BCUT2D eigenvalue weighted by molar-refractivity contribution is 9.10. The third kappa shape index (κ3) is 3.20. The van der Waals surface area contributed by atoms with Crippen molar-refractivity contribution < 1.29 is 9.18 Å². The van der Waals surface area contributed by atoms with Crippen LogP contribution in [-0.2, 0) is 13.0 Å². The number of hydrogen-bond donors (Lipinski definition) is 1. The van der Waals surface area contributed by atoms with E-state index in [0.717, 1.165) is 34.6 Å². The van der Waals surface area contributed by atoms with Gasteiger partial charge in [0.05, 0.1) is 12.1 Å². The molecule has 3 aromatic carbocycles. The maximum atomic E-state index is 14.5. The molecule has 1 heterocycles. The predicted molar refractivity (Wildman–Crippen MR) is 115 cm³/mol. The molecule has 142 valence electrons. The Hall–Kier alpha value is -2.66. The minimum absolute atomic E-state index is 0.264. The van der Waals surface area contributed by atoms with Crippen LogP contribution in [0, 0.1) is 5.82 Å². The lowest BCUT2D eigenvalue weighted by Crippen LogP contribution is -2.11. The summed E-state index contributed by atoms with van der Waals surface area (Å²) >= 11 is 3.31. The van der Waals surface area contributed by atoms with Crippen molar-refractivity contribution in [2.75, 3.05) is 0 Å². The Kier molecular flexibility index (Phi) is 4.94. The minimum atomic E-state index is -0.461. The van der Waals surface area contributed by atoms with Crippen LogP contribution in [0.15, 0.2) is 59.1 Å². The molecule has 0 aliphatic carbocycles. The van der Waals surface area contributed by atoms with Crippen molar-refractivity contribution in [1.29, 1.82) is 0 Å². The molecule has 0 aliphatic heterocycles. The zero-order chi connectivity index (χ0) is 19.8. The van der Waals surface area contributed by atoms with Crippen molar-refractivity contribution in [3.8, 4) is 0 Å². The van der Waals surface area contributed by atoms with E-state index in [-0.39, 0.29) is 5.82 Å². The first kappa shape index (κ1) is 18.7. The molecule has 0 atom stereocenters. The molecular weight excluding hydrogens is 419 g/mol. The van der Waals surface area contributed by atoms with E-state index in [1.54, 1.807) is 12.1 Å². The van der Waals surface area contributed by atoms with Gasteiger partial charge in [0, 0.05) is 31.9 Å². The zero-order valence-electron chi connectivity index (χ0n) is 15.5. The molecule has 0 saturated heterocycles.